The Hall–Kier alpha value is -3.27. The minimum absolute atomic E-state index is 0.0367. The standard InChI is InChI=1S/C24H29NO8S/c1-8-29-20(26)18-15(14-9-10-16-17(11-14)31-13-30-16)12-34-19(18)25(21(27)32-23(2,3)4)22(28)33-24(5,6)7/h9-12H,8,13H2,1-7H3. The lowest BCUT2D eigenvalue weighted by Crippen LogP contribution is -2.44. The van der Waals surface area contributed by atoms with Crippen LogP contribution in [0.1, 0.15) is 58.8 Å². The summed E-state index contributed by atoms with van der Waals surface area (Å²) in [6.07, 6.45) is -1.93. The van der Waals surface area contributed by atoms with Crippen LogP contribution in [-0.4, -0.2) is 42.8 Å². The number of benzene rings is 1. The van der Waals surface area contributed by atoms with Crippen LogP contribution in [0, 0.1) is 0 Å². The number of imide groups is 1. The van der Waals surface area contributed by atoms with E-state index < -0.39 is 29.4 Å². The molecule has 2 aromatic rings. The zero-order valence-electron chi connectivity index (χ0n) is 20.3. The molecule has 0 N–H and O–H groups in total. The minimum atomic E-state index is -0.966. The highest BCUT2D eigenvalue weighted by Crippen LogP contribution is 2.43. The molecule has 0 saturated carbocycles. The number of carbonyl (C=O) groups is 3. The van der Waals surface area contributed by atoms with E-state index in [1.165, 1.54) is 0 Å². The SMILES string of the molecule is CCOC(=O)c1c(-c2ccc3c(c2)OCO3)csc1N(C(=O)OC(C)(C)C)C(=O)OC(C)(C)C. The fourth-order valence-corrected chi connectivity index (χ4v) is 4.09. The van der Waals surface area contributed by atoms with E-state index in [2.05, 4.69) is 0 Å². The first kappa shape index (κ1) is 25.4. The van der Waals surface area contributed by atoms with Crippen LogP contribution < -0.4 is 14.4 Å². The van der Waals surface area contributed by atoms with E-state index >= 15 is 0 Å². The quantitative estimate of drug-likeness (QED) is 0.379. The average Bonchev–Trinajstić information content (AvgIpc) is 3.31. The number of anilines is 1. The number of amides is 2. The van der Waals surface area contributed by atoms with Crippen molar-refractivity contribution in [1.29, 1.82) is 0 Å². The van der Waals surface area contributed by atoms with Crippen molar-refractivity contribution >= 4 is 34.5 Å². The van der Waals surface area contributed by atoms with Crippen molar-refractivity contribution in [3.63, 3.8) is 0 Å². The summed E-state index contributed by atoms with van der Waals surface area (Å²) in [7, 11) is 0. The van der Waals surface area contributed by atoms with E-state index in [1.807, 2.05) is 0 Å². The summed E-state index contributed by atoms with van der Waals surface area (Å²) in [5, 5.41) is 1.70. The minimum Gasteiger partial charge on any atom is -0.462 e. The Morgan fingerprint density at radius 2 is 1.56 bits per heavy atom. The summed E-state index contributed by atoms with van der Waals surface area (Å²) < 4.78 is 27.0. The molecule has 0 unspecified atom stereocenters. The molecule has 0 fully saturated rings. The lowest BCUT2D eigenvalue weighted by molar-refractivity contribution is 0.0432. The van der Waals surface area contributed by atoms with Crippen molar-refractivity contribution in [2.75, 3.05) is 18.3 Å². The van der Waals surface area contributed by atoms with Gasteiger partial charge in [0.05, 0.1) is 6.61 Å². The third kappa shape index (κ3) is 5.80. The normalized spacial score (nSPS) is 12.8. The van der Waals surface area contributed by atoms with Crippen LogP contribution in [0.4, 0.5) is 14.6 Å². The lowest BCUT2D eigenvalue weighted by Gasteiger charge is -2.28. The summed E-state index contributed by atoms with van der Waals surface area (Å²) in [5.74, 6) is 0.417. The van der Waals surface area contributed by atoms with Crippen LogP contribution in [0.2, 0.25) is 0 Å². The first-order valence-electron chi connectivity index (χ1n) is 10.8. The van der Waals surface area contributed by atoms with E-state index in [1.54, 1.807) is 72.0 Å². The molecule has 0 aliphatic carbocycles. The van der Waals surface area contributed by atoms with Gasteiger partial charge in [0.15, 0.2) is 11.5 Å². The highest BCUT2D eigenvalue weighted by atomic mass is 32.1. The van der Waals surface area contributed by atoms with E-state index in [0.29, 0.717) is 22.6 Å². The molecule has 1 aromatic heterocycles. The predicted octanol–water partition coefficient (Wildman–Crippen LogP) is 6.00. The number of thiophene rings is 1. The van der Waals surface area contributed by atoms with Gasteiger partial charge in [-0.1, -0.05) is 6.07 Å². The monoisotopic (exact) mass is 491 g/mol. The molecule has 3 rings (SSSR count). The smallest absolute Gasteiger partial charge is 0.425 e. The largest absolute Gasteiger partial charge is 0.462 e. The fraction of sp³-hybridized carbons (Fsp3) is 0.458. The Balaban J connectivity index is 2.15. The number of rotatable bonds is 4. The Bertz CT molecular complexity index is 1070. The summed E-state index contributed by atoms with van der Waals surface area (Å²) >= 11 is 1.03. The molecule has 2 amide bonds. The molecule has 0 spiro atoms. The molecule has 1 aromatic carbocycles. The second kappa shape index (κ2) is 9.54. The molecule has 9 nitrogen and oxygen atoms in total. The van der Waals surface area contributed by atoms with Crippen LogP contribution in [-0.2, 0) is 14.2 Å². The second-order valence-electron chi connectivity index (χ2n) is 9.41. The maximum absolute atomic E-state index is 13.1. The molecule has 0 atom stereocenters. The second-order valence-corrected chi connectivity index (χ2v) is 10.3. The summed E-state index contributed by atoms with van der Waals surface area (Å²) in [4.78, 5) is 40.1. The maximum atomic E-state index is 13.1. The summed E-state index contributed by atoms with van der Waals surface area (Å²) in [6, 6.07) is 5.21. The topological polar surface area (TPSA) is 101 Å². The Morgan fingerprint density at radius 3 is 2.12 bits per heavy atom. The molecule has 0 bridgehead atoms. The predicted molar refractivity (Wildman–Crippen MR) is 127 cm³/mol. The number of esters is 1. The van der Waals surface area contributed by atoms with Crippen molar-refractivity contribution in [2.45, 2.75) is 59.7 Å². The van der Waals surface area contributed by atoms with Crippen LogP contribution >= 0.6 is 11.3 Å². The van der Waals surface area contributed by atoms with Crippen molar-refractivity contribution < 1.29 is 38.1 Å². The molecule has 2 heterocycles. The van der Waals surface area contributed by atoms with Gasteiger partial charge in [0.25, 0.3) is 0 Å². The Kier molecular flexibility index (Phi) is 7.11. The number of hydrogen-bond acceptors (Lipinski definition) is 9. The van der Waals surface area contributed by atoms with Gasteiger partial charge in [0.2, 0.25) is 6.79 Å². The third-order valence-electron chi connectivity index (χ3n) is 4.29. The zero-order chi connectivity index (χ0) is 25.3. The van der Waals surface area contributed by atoms with Gasteiger partial charge >= 0.3 is 18.2 Å². The molecule has 34 heavy (non-hydrogen) atoms. The van der Waals surface area contributed by atoms with Crippen molar-refractivity contribution in [3.05, 3.63) is 29.1 Å². The number of fused-ring (bicyclic) bond motifs is 1. The molecule has 0 radical (unpaired) electrons. The molecule has 184 valence electrons. The number of carbonyl (C=O) groups excluding carboxylic acids is 3. The molecule has 1 aliphatic rings. The summed E-state index contributed by atoms with van der Waals surface area (Å²) in [6.45, 7) is 11.9. The van der Waals surface area contributed by atoms with E-state index in [0.717, 1.165) is 16.2 Å². The van der Waals surface area contributed by atoms with Gasteiger partial charge in [0, 0.05) is 10.9 Å². The Morgan fingerprint density at radius 1 is 0.971 bits per heavy atom. The van der Waals surface area contributed by atoms with Crippen molar-refractivity contribution in [1.82, 2.24) is 0 Å². The van der Waals surface area contributed by atoms with E-state index in [4.69, 9.17) is 23.7 Å². The van der Waals surface area contributed by atoms with Gasteiger partial charge in [-0.05, 0) is 66.2 Å². The lowest BCUT2D eigenvalue weighted by atomic mass is 10.0. The third-order valence-corrected chi connectivity index (χ3v) is 5.25. The zero-order valence-corrected chi connectivity index (χ0v) is 21.2. The fourth-order valence-electron chi connectivity index (χ4n) is 3.04. The first-order valence-corrected chi connectivity index (χ1v) is 11.6. The van der Waals surface area contributed by atoms with Crippen molar-refractivity contribution in [3.8, 4) is 22.6 Å². The first-order chi connectivity index (χ1) is 15.8. The van der Waals surface area contributed by atoms with E-state index in [-0.39, 0.29) is 24.0 Å². The van der Waals surface area contributed by atoms with Gasteiger partial charge in [0.1, 0.15) is 21.8 Å². The van der Waals surface area contributed by atoms with Crippen LogP contribution in [0.3, 0.4) is 0 Å². The Labute approximate surface area is 202 Å². The van der Waals surface area contributed by atoms with Crippen LogP contribution in [0.5, 0.6) is 11.5 Å². The van der Waals surface area contributed by atoms with Crippen molar-refractivity contribution in [2.24, 2.45) is 0 Å². The molecule has 0 saturated heterocycles. The van der Waals surface area contributed by atoms with E-state index in [9.17, 15) is 14.4 Å². The van der Waals surface area contributed by atoms with Gasteiger partial charge < -0.3 is 23.7 Å². The number of hydrogen-bond donors (Lipinski definition) is 0. The maximum Gasteiger partial charge on any atom is 0.425 e. The number of ether oxygens (including phenoxy) is 5. The molecular weight excluding hydrogens is 462 g/mol. The average molecular weight is 492 g/mol. The molecule has 10 heteroatoms. The molecular formula is C24H29NO8S. The highest BCUT2D eigenvalue weighted by molar-refractivity contribution is 7.15. The van der Waals surface area contributed by atoms with Gasteiger partial charge in [-0.3, -0.25) is 0 Å². The van der Waals surface area contributed by atoms with Gasteiger partial charge in [-0.25, -0.2) is 14.4 Å². The van der Waals surface area contributed by atoms with Crippen LogP contribution in [0.15, 0.2) is 23.6 Å². The van der Waals surface area contributed by atoms with Gasteiger partial charge in [-0.2, -0.15) is 4.90 Å². The number of nitrogens with zero attached hydrogens (tertiary/aromatic N) is 1. The summed E-state index contributed by atoms with van der Waals surface area (Å²) in [5.41, 5.74) is -0.642. The van der Waals surface area contributed by atoms with Crippen LogP contribution in [0.25, 0.3) is 11.1 Å². The van der Waals surface area contributed by atoms with Gasteiger partial charge in [-0.15, -0.1) is 11.3 Å². The highest BCUT2D eigenvalue weighted by Gasteiger charge is 2.38. The molecule has 1 aliphatic heterocycles.